The number of carbonyl (C=O) groups excluding carboxylic acids is 1. The number of amides is 1. The molecule has 1 aliphatic rings. The van der Waals surface area contributed by atoms with Gasteiger partial charge in [0, 0.05) is 30.2 Å². The van der Waals surface area contributed by atoms with Crippen molar-refractivity contribution < 1.29 is 9.90 Å². The molecule has 1 saturated heterocycles. The Labute approximate surface area is 131 Å². The molecular formula is C16H23ClN2O2. The minimum atomic E-state index is -0.285. The van der Waals surface area contributed by atoms with Gasteiger partial charge in [-0.1, -0.05) is 18.0 Å². The lowest BCUT2D eigenvalue weighted by atomic mass is 9.98. The molecule has 1 heterocycles. The molecule has 1 aromatic carbocycles. The largest absolute Gasteiger partial charge is 0.507 e. The summed E-state index contributed by atoms with van der Waals surface area (Å²) in [6.45, 7) is 5.87. The van der Waals surface area contributed by atoms with Crippen LogP contribution < -0.4 is 5.32 Å². The Morgan fingerprint density at radius 3 is 2.71 bits per heavy atom. The Morgan fingerprint density at radius 2 is 2.05 bits per heavy atom. The second-order valence-electron chi connectivity index (χ2n) is 5.78. The highest BCUT2D eigenvalue weighted by atomic mass is 35.5. The van der Waals surface area contributed by atoms with Crippen LogP contribution in [0.2, 0.25) is 5.02 Å². The fourth-order valence-corrected chi connectivity index (χ4v) is 3.17. The molecule has 0 aliphatic carbocycles. The summed E-state index contributed by atoms with van der Waals surface area (Å²) in [4.78, 5) is 14.5. The van der Waals surface area contributed by atoms with Gasteiger partial charge in [-0.15, -0.1) is 0 Å². The van der Waals surface area contributed by atoms with Gasteiger partial charge in [0.25, 0.3) is 5.91 Å². The van der Waals surface area contributed by atoms with Gasteiger partial charge in [-0.25, -0.2) is 0 Å². The average molecular weight is 311 g/mol. The second-order valence-corrected chi connectivity index (χ2v) is 6.22. The van der Waals surface area contributed by atoms with Crippen molar-refractivity contribution >= 4 is 17.5 Å². The molecule has 2 atom stereocenters. The topological polar surface area (TPSA) is 52.6 Å². The average Bonchev–Trinajstić information content (AvgIpc) is 2.44. The number of nitrogens with one attached hydrogen (secondary N) is 1. The lowest BCUT2D eigenvalue weighted by molar-refractivity contribution is 0.0887. The molecule has 0 spiro atoms. The molecular weight excluding hydrogens is 288 g/mol. The van der Waals surface area contributed by atoms with Gasteiger partial charge in [0.1, 0.15) is 5.75 Å². The lowest BCUT2D eigenvalue weighted by Crippen LogP contribution is -2.47. The fourth-order valence-electron chi connectivity index (χ4n) is 3.00. The molecule has 0 radical (unpaired) electrons. The van der Waals surface area contributed by atoms with Crippen LogP contribution >= 0.6 is 11.6 Å². The first-order valence-corrected chi connectivity index (χ1v) is 7.89. The van der Waals surface area contributed by atoms with E-state index in [9.17, 15) is 9.90 Å². The third kappa shape index (κ3) is 4.11. The van der Waals surface area contributed by atoms with Gasteiger partial charge >= 0.3 is 0 Å². The minimum Gasteiger partial charge on any atom is -0.507 e. The zero-order valence-corrected chi connectivity index (χ0v) is 13.4. The number of nitrogens with zero attached hydrogens (tertiary/aromatic N) is 1. The van der Waals surface area contributed by atoms with Gasteiger partial charge < -0.3 is 10.4 Å². The predicted molar refractivity (Wildman–Crippen MR) is 84.9 cm³/mol. The van der Waals surface area contributed by atoms with Crippen LogP contribution in [0.5, 0.6) is 5.75 Å². The summed E-state index contributed by atoms with van der Waals surface area (Å²) >= 11 is 5.86. The van der Waals surface area contributed by atoms with Crippen LogP contribution in [-0.2, 0) is 0 Å². The van der Waals surface area contributed by atoms with Gasteiger partial charge in [-0.2, -0.15) is 0 Å². The molecule has 0 unspecified atom stereocenters. The highest BCUT2D eigenvalue weighted by molar-refractivity contribution is 6.31. The molecule has 2 rings (SSSR count). The molecule has 0 aromatic heterocycles. The third-order valence-electron chi connectivity index (χ3n) is 4.23. The summed E-state index contributed by atoms with van der Waals surface area (Å²) in [6, 6.07) is 5.60. The zero-order valence-electron chi connectivity index (χ0n) is 12.6. The van der Waals surface area contributed by atoms with Crippen LogP contribution in [0.25, 0.3) is 0 Å². The first-order chi connectivity index (χ1) is 9.99. The molecule has 4 nitrogen and oxygen atoms in total. The zero-order chi connectivity index (χ0) is 15.4. The number of phenolic OH excluding ortho intramolecular Hbond substituents is 1. The number of piperidine rings is 1. The van der Waals surface area contributed by atoms with Crippen LogP contribution in [0.1, 0.15) is 43.5 Å². The van der Waals surface area contributed by atoms with Crippen molar-refractivity contribution in [3.8, 4) is 5.75 Å². The standard InChI is InChI=1S/C16H23ClN2O2/c1-11-4-3-5-12(2)19(11)9-8-18-16(21)14-10-13(17)6-7-15(14)20/h6-7,10-12,20H,3-5,8-9H2,1-2H3,(H,18,21)/t11-,12+. The van der Waals surface area contributed by atoms with E-state index in [-0.39, 0.29) is 17.2 Å². The highest BCUT2D eigenvalue weighted by Gasteiger charge is 2.24. The molecule has 1 amide bonds. The quantitative estimate of drug-likeness (QED) is 0.898. The van der Waals surface area contributed by atoms with E-state index in [1.165, 1.54) is 31.4 Å². The number of aromatic hydroxyl groups is 1. The summed E-state index contributed by atoms with van der Waals surface area (Å²) in [5.74, 6) is -0.330. The Hall–Kier alpha value is -1.26. The first kappa shape index (κ1) is 16.1. The molecule has 116 valence electrons. The SMILES string of the molecule is C[C@@H]1CCC[C@H](C)N1CCNC(=O)c1cc(Cl)ccc1O. The first-order valence-electron chi connectivity index (χ1n) is 7.51. The van der Waals surface area contributed by atoms with Crippen LogP contribution in [0.15, 0.2) is 18.2 Å². The number of benzene rings is 1. The molecule has 5 heteroatoms. The van der Waals surface area contributed by atoms with E-state index in [0.717, 1.165) is 6.54 Å². The molecule has 1 aromatic rings. The maximum Gasteiger partial charge on any atom is 0.255 e. The van der Waals surface area contributed by atoms with Gasteiger partial charge in [0.2, 0.25) is 0 Å². The van der Waals surface area contributed by atoms with E-state index < -0.39 is 0 Å². The maximum atomic E-state index is 12.1. The Morgan fingerprint density at radius 1 is 1.38 bits per heavy atom. The van der Waals surface area contributed by atoms with Gasteiger partial charge in [-0.3, -0.25) is 9.69 Å². The second kappa shape index (κ2) is 7.14. The normalized spacial score (nSPS) is 23.0. The van der Waals surface area contributed by atoms with Crippen molar-refractivity contribution in [1.82, 2.24) is 10.2 Å². The van der Waals surface area contributed by atoms with E-state index in [1.54, 1.807) is 6.07 Å². The van der Waals surface area contributed by atoms with Crippen molar-refractivity contribution in [3.05, 3.63) is 28.8 Å². The Kier molecular flexibility index (Phi) is 5.48. The summed E-state index contributed by atoms with van der Waals surface area (Å²) < 4.78 is 0. The molecule has 0 saturated carbocycles. The van der Waals surface area contributed by atoms with Crippen molar-refractivity contribution in [2.75, 3.05) is 13.1 Å². The van der Waals surface area contributed by atoms with Gasteiger partial charge in [-0.05, 0) is 44.9 Å². The summed E-state index contributed by atoms with van der Waals surface area (Å²) in [6.07, 6.45) is 3.71. The van der Waals surface area contributed by atoms with Gasteiger partial charge in [0.05, 0.1) is 5.56 Å². The fraction of sp³-hybridized carbons (Fsp3) is 0.562. The Bertz CT molecular complexity index is 497. The number of rotatable bonds is 4. The molecule has 1 fully saturated rings. The summed E-state index contributed by atoms with van der Waals surface area (Å²) in [5.41, 5.74) is 0.224. The summed E-state index contributed by atoms with van der Waals surface area (Å²) in [5, 5.41) is 13.0. The van der Waals surface area contributed by atoms with E-state index in [1.807, 2.05) is 0 Å². The number of hydrogen-bond donors (Lipinski definition) is 2. The van der Waals surface area contributed by atoms with Crippen molar-refractivity contribution in [1.29, 1.82) is 0 Å². The molecule has 0 bridgehead atoms. The predicted octanol–water partition coefficient (Wildman–Crippen LogP) is 3.04. The van der Waals surface area contributed by atoms with Crippen LogP contribution in [-0.4, -0.2) is 41.1 Å². The summed E-state index contributed by atoms with van der Waals surface area (Å²) in [7, 11) is 0. The van der Waals surface area contributed by atoms with E-state index in [0.29, 0.717) is 23.7 Å². The Balaban J connectivity index is 1.88. The monoisotopic (exact) mass is 310 g/mol. The van der Waals surface area contributed by atoms with Crippen LogP contribution in [0.3, 0.4) is 0 Å². The van der Waals surface area contributed by atoms with E-state index in [2.05, 4.69) is 24.1 Å². The number of hydrogen-bond acceptors (Lipinski definition) is 3. The van der Waals surface area contributed by atoms with Crippen molar-refractivity contribution in [3.63, 3.8) is 0 Å². The van der Waals surface area contributed by atoms with Crippen molar-refractivity contribution in [2.45, 2.75) is 45.2 Å². The van der Waals surface area contributed by atoms with E-state index >= 15 is 0 Å². The maximum absolute atomic E-state index is 12.1. The van der Waals surface area contributed by atoms with Crippen LogP contribution in [0.4, 0.5) is 0 Å². The van der Waals surface area contributed by atoms with E-state index in [4.69, 9.17) is 11.6 Å². The smallest absolute Gasteiger partial charge is 0.255 e. The molecule has 21 heavy (non-hydrogen) atoms. The molecule has 2 N–H and O–H groups in total. The van der Waals surface area contributed by atoms with Crippen LogP contribution in [0, 0.1) is 0 Å². The number of phenols is 1. The number of carbonyl (C=O) groups is 1. The third-order valence-corrected chi connectivity index (χ3v) is 4.47. The minimum absolute atomic E-state index is 0.0448. The number of likely N-dealkylation sites (tertiary alicyclic amines) is 1. The van der Waals surface area contributed by atoms with Crippen molar-refractivity contribution in [2.24, 2.45) is 0 Å². The lowest BCUT2D eigenvalue weighted by Gasteiger charge is -2.39. The molecule has 1 aliphatic heterocycles. The van der Waals surface area contributed by atoms with Gasteiger partial charge in [0.15, 0.2) is 0 Å². The highest BCUT2D eigenvalue weighted by Crippen LogP contribution is 2.22. The number of halogens is 1.